The molecular weight excluding hydrogens is 170 g/mol. The van der Waals surface area contributed by atoms with Crippen LogP contribution in [-0.4, -0.2) is 18.5 Å². The van der Waals surface area contributed by atoms with Crippen LogP contribution in [0.3, 0.4) is 0 Å². The maximum absolute atomic E-state index is 6.12. The first-order valence-corrected chi connectivity index (χ1v) is 5.47. The molecule has 0 radical (unpaired) electrons. The van der Waals surface area contributed by atoms with Gasteiger partial charge in [0.1, 0.15) is 0 Å². The third-order valence-corrected chi connectivity index (χ3v) is 2.56. The number of alkyl halides is 1. The van der Waals surface area contributed by atoms with E-state index in [0.29, 0.717) is 5.38 Å². The highest BCUT2D eigenvalue weighted by Crippen LogP contribution is 2.27. The summed E-state index contributed by atoms with van der Waals surface area (Å²) in [5.41, 5.74) is 0. The Kier molecular flexibility index (Phi) is 4.38. The Hall–Kier alpha value is 0.250. The summed E-state index contributed by atoms with van der Waals surface area (Å²) in [6.45, 7) is 6.60. The molecule has 12 heavy (non-hydrogen) atoms. The van der Waals surface area contributed by atoms with Crippen molar-refractivity contribution >= 4 is 11.6 Å². The summed E-state index contributed by atoms with van der Waals surface area (Å²) >= 11 is 6.12. The highest BCUT2D eigenvalue weighted by Gasteiger charge is 2.20. The van der Waals surface area contributed by atoms with Crippen LogP contribution < -0.4 is 5.32 Å². The fraction of sp³-hybridized carbons (Fsp3) is 1.00. The maximum atomic E-state index is 6.12. The molecule has 1 unspecified atom stereocenters. The van der Waals surface area contributed by atoms with Gasteiger partial charge in [-0.05, 0) is 37.6 Å². The molecule has 1 saturated carbocycles. The molecule has 72 valence electrons. The Balaban J connectivity index is 1.89. The van der Waals surface area contributed by atoms with Gasteiger partial charge in [0, 0.05) is 11.9 Å². The molecular formula is C10H20ClN. The SMILES string of the molecule is CC(C)CC(Cl)CNCC1CC1. The van der Waals surface area contributed by atoms with Gasteiger partial charge in [0.25, 0.3) is 0 Å². The van der Waals surface area contributed by atoms with Crippen LogP contribution in [0.1, 0.15) is 33.1 Å². The zero-order valence-electron chi connectivity index (χ0n) is 8.15. The van der Waals surface area contributed by atoms with Gasteiger partial charge in [-0.3, -0.25) is 0 Å². The molecule has 0 heterocycles. The van der Waals surface area contributed by atoms with Crippen molar-refractivity contribution in [1.29, 1.82) is 0 Å². The minimum absolute atomic E-state index is 0.323. The van der Waals surface area contributed by atoms with Crippen molar-refractivity contribution in [3.8, 4) is 0 Å². The molecule has 1 atom stereocenters. The standard InChI is InChI=1S/C10H20ClN/c1-8(2)5-10(11)7-12-6-9-3-4-9/h8-10,12H,3-7H2,1-2H3. The van der Waals surface area contributed by atoms with Crippen LogP contribution in [0, 0.1) is 11.8 Å². The van der Waals surface area contributed by atoms with Gasteiger partial charge in [0.05, 0.1) is 0 Å². The molecule has 0 aliphatic heterocycles. The summed E-state index contributed by atoms with van der Waals surface area (Å²) in [6, 6.07) is 0. The molecule has 0 aromatic heterocycles. The third-order valence-electron chi connectivity index (χ3n) is 2.22. The second kappa shape index (κ2) is 5.08. The minimum atomic E-state index is 0.323. The van der Waals surface area contributed by atoms with Crippen molar-refractivity contribution in [2.45, 2.75) is 38.5 Å². The van der Waals surface area contributed by atoms with E-state index in [0.717, 1.165) is 24.8 Å². The van der Waals surface area contributed by atoms with Crippen molar-refractivity contribution in [1.82, 2.24) is 5.32 Å². The smallest absolute Gasteiger partial charge is 0.0463 e. The van der Waals surface area contributed by atoms with Crippen LogP contribution >= 0.6 is 11.6 Å². The lowest BCUT2D eigenvalue weighted by molar-refractivity contribution is 0.527. The molecule has 1 fully saturated rings. The summed E-state index contributed by atoms with van der Waals surface area (Å²) in [5, 5.41) is 3.74. The molecule has 1 nitrogen and oxygen atoms in total. The molecule has 0 aromatic carbocycles. The van der Waals surface area contributed by atoms with Crippen molar-refractivity contribution in [2.24, 2.45) is 11.8 Å². The topological polar surface area (TPSA) is 12.0 Å². The zero-order chi connectivity index (χ0) is 8.97. The van der Waals surface area contributed by atoms with E-state index >= 15 is 0 Å². The van der Waals surface area contributed by atoms with Gasteiger partial charge in [-0.2, -0.15) is 0 Å². The largest absolute Gasteiger partial charge is 0.315 e. The zero-order valence-corrected chi connectivity index (χ0v) is 8.90. The summed E-state index contributed by atoms with van der Waals surface area (Å²) < 4.78 is 0. The predicted molar refractivity (Wildman–Crippen MR) is 54.7 cm³/mol. The molecule has 1 rings (SSSR count). The van der Waals surface area contributed by atoms with E-state index < -0.39 is 0 Å². The Morgan fingerprint density at radius 2 is 2.08 bits per heavy atom. The molecule has 1 N–H and O–H groups in total. The molecule has 0 amide bonds. The van der Waals surface area contributed by atoms with Crippen LogP contribution in [-0.2, 0) is 0 Å². The second-order valence-electron chi connectivity index (χ2n) is 4.33. The lowest BCUT2D eigenvalue weighted by Crippen LogP contribution is -2.26. The van der Waals surface area contributed by atoms with E-state index in [9.17, 15) is 0 Å². The fourth-order valence-corrected chi connectivity index (χ4v) is 1.83. The molecule has 0 saturated heterocycles. The Labute approximate surface area is 80.9 Å². The first-order valence-electron chi connectivity index (χ1n) is 5.03. The van der Waals surface area contributed by atoms with E-state index in [2.05, 4.69) is 19.2 Å². The Morgan fingerprint density at radius 3 is 2.58 bits per heavy atom. The van der Waals surface area contributed by atoms with E-state index in [-0.39, 0.29) is 0 Å². The number of hydrogen-bond donors (Lipinski definition) is 1. The second-order valence-corrected chi connectivity index (χ2v) is 4.95. The molecule has 0 aromatic rings. The minimum Gasteiger partial charge on any atom is -0.315 e. The first-order chi connectivity index (χ1) is 5.68. The van der Waals surface area contributed by atoms with Gasteiger partial charge in [-0.15, -0.1) is 11.6 Å². The summed E-state index contributed by atoms with van der Waals surface area (Å²) in [6.07, 6.45) is 3.97. The van der Waals surface area contributed by atoms with Gasteiger partial charge < -0.3 is 5.32 Å². The van der Waals surface area contributed by atoms with Crippen molar-refractivity contribution in [2.75, 3.05) is 13.1 Å². The van der Waals surface area contributed by atoms with Crippen molar-refractivity contribution in [3.05, 3.63) is 0 Å². The summed E-state index contributed by atoms with van der Waals surface area (Å²) in [7, 11) is 0. The quantitative estimate of drug-likeness (QED) is 0.634. The average molecular weight is 190 g/mol. The Morgan fingerprint density at radius 1 is 1.42 bits per heavy atom. The number of halogens is 1. The van der Waals surface area contributed by atoms with Crippen molar-refractivity contribution < 1.29 is 0 Å². The van der Waals surface area contributed by atoms with Crippen LogP contribution in [0.4, 0.5) is 0 Å². The number of hydrogen-bond acceptors (Lipinski definition) is 1. The highest BCUT2D eigenvalue weighted by atomic mass is 35.5. The monoisotopic (exact) mass is 189 g/mol. The molecule has 0 spiro atoms. The van der Waals surface area contributed by atoms with E-state index in [1.165, 1.54) is 19.4 Å². The molecule has 2 heteroatoms. The number of rotatable bonds is 6. The van der Waals surface area contributed by atoms with Crippen LogP contribution in [0.2, 0.25) is 0 Å². The van der Waals surface area contributed by atoms with Crippen LogP contribution in [0.25, 0.3) is 0 Å². The van der Waals surface area contributed by atoms with Gasteiger partial charge in [-0.25, -0.2) is 0 Å². The highest BCUT2D eigenvalue weighted by molar-refractivity contribution is 6.20. The summed E-state index contributed by atoms with van der Waals surface area (Å²) in [5.74, 6) is 1.68. The van der Waals surface area contributed by atoms with Gasteiger partial charge in [0.15, 0.2) is 0 Å². The van der Waals surface area contributed by atoms with E-state index in [1.807, 2.05) is 0 Å². The van der Waals surface area contributed by atoms with Gasteiger partial charge in [-0.1, -0.05) is 13.8 Å². The van der Waals surface area contributed by atoms with Gasteiger partial charge in [0.2, 0.25) is 0 Å². The predicted octanol–water partition coefficient (Wildman–Crippen LogP) is 2.64. The summed E-state index contributed by atoms with van der Waals surface area (Å²) in [4.78, 5) is 0. The van der Waals surface area contributed by atoms with Gasteiger partial charge >= 0.3 is 0 Å². The molecule has 0 bridgehead atoms. The van der Waals surface area contributed by atoms with Crippen molar-refractivity contribution in [3.63, 3.8) is 0 Å². The van der Waals surface area contributed by atoms with Crippen LogP contribution in [0.15, 0.2) is 0 Å². The van der Waals surface area contributed by atoms with E-state index in [4.69, 9.17) is 11.6 Å². The third kappa shape index (κ3) is 5.00. The average Bonchev–Trinajstić information content (AvgIpc) is 2.69. The molecule has 1 aliphatic rings. The fourth-order valence-electron chi connectivity index (χ4n) is 1.36. The first kappa shape index (κ1) is 10.3. The molecule has 1 aliphatic carbocycles. The lowest BCUT2D eigenvalue weighted by Gasteiger charge is -2.12. The van der Waals surface area contributed by atoms with E-state index in [1.54, 1.807) is 0 Å². The Bertz CT molecular complexity index is 121. The maximum Gasteiger partial charge on any atom is 0.0463 e. The normalized spacial score (nSPS) is 20.0. The number of nitrogens with one attached hydrogen (secondary N) is 1. The lowest BCUT2D eigenvalue weighted by atomic mass is 10.1. The van der Waals surface area contributed by atoms with Crippen LogP contribution in [0.5, 0.6) is 0 Å².